The van der Waals surface area contributed by atoms with Gasteiger partial charge in [-0.05, 0) is 24.3 Å². The van der Waals surface area contributed by atoms with Gasteiger partial charge in [0.05, 0.1) is 23.5 Å². The topological polar surface area (TPSA) is 100 Å². The summed E-state index contributed by atoms with van der Waals surface area (Å²) < 4.78 is 0. The van der Waals surface area contributed by atoms with E-state index in [-0.39, 0.29) is 5.56 Å². The van der Waals surface area contributed by atoms with E-state index in [4.69, 9.17) is 0 Å². The molecule has 1 aromatic carbocycles. The maximum atomic E-state index is 11.2. The Morgan fingerprint density at radius 3 is 2.58 bits per heavy atom. The number of hydrogen-bond donors (Lipinski definition) is 3. The lowest BCUT2D eigenvalue weighted by molar-refractivity contribution is 0.0698. The summed E-state index contributed by atoms with van der Waals surface area (Å²) in [6.45, 7) is 0.531. The van der Waals surface area contributed by atoms with Crippen molar-refractivity contribution in [2.45, 2.75) is 6.54 Å². The Bertz CT molecular complexity index is 839. The van der Waals surface area contributed by atoms with Gasteiger partial charge in [-0.25, -0.2) is 14.8 Å². The van der Waals surface area contributed by atoms with Gasteiger partial charge in [0.1, 0.15) is 18.0 Å². The molecule has 0 amide bonds. The molecule has 0 fully saturated rings. The summed E-state index contributed by atoms with van der Waals surface area (Å²) >= 11 is 0. The third-order valence-corrected chi connectivity index (χ3v) is 3.26. The van der Waals surface area contributed by atoms with Crippen molar-refractivity contribution in [2.75, 3.05) is 10.6 Å². The van der Waals surface area contributed by atoms with Crippen molar-refractivity contribution < 1.29 is 9.90 Å². The van der Waals surface area contributed by atoms with E-state index in [0.717, 1.165) is 5.69 Å². The number of nitrogens with one attached hydrogen (secondary N) is 2. The first-order valence-electron chi connectivity index (χ1n) is 7.27. The second kappa shape index (κ2) is 7.19. The van der Waals surface area contributed by atoms with Crippen LogP contribution >= 0.6 is 0 Å². The van der Waals surface area contributed by atoms with Gasteiger partial charge in [0.25, 0.3) is 0 Å². The number of aromatic carboxylic acids is 1. The van der Waals surface area contributed by atoms with Crippen LogP contribution in [0.5, 0.6) is 0 Å². The fraction of sp³-hybridized carbons (Fsp3) is 0.0588. The Morgan fingerprint density at radius 2 is 1.79 bits per heavy atom. The van der Waals surface area contributed by atoms with Crippen LogP contribution in [0.25, 0.3) is 0 Å². The molecule has 2 heterocycles. The quantitative estimate of drug-likeness (QED) is 0.642. The van der Waals surface area contributed by atoms with E-state index in [1.807, 2.05) is 18.2 Å². The molecule has 0 radical (unpaired) electrons. The van der Waals surface area contributed by atoms with E-state index in [0.29, 0.717) is 23.9 Å². The van der Waals surface area contributed by atoms with Gasteiger partial charge in [-0.1, -0.05) is 18.2 Å². The molecular weight excluding hydrogens is 306 g/mol. The van der Waals surface area contributed by atoms with Gasteiger partial charge in [0, 0.05) is 12.3 Å². The van der Waals surface area contributed by atoms with E-state index >= 15 is 0 Å². The number of aromatic nitrogens is 3. The molecule has 2 aromatic heterocycles. The monoisotopic (exact) mass is 321 g/mol. The zero-order chi connectivity index (χ0) is 16.8. The van der Waals surface area contributed by atoms with E-state index in [1.54, 1.807) is 30.5 Å². The van der Waals surface area contributed by atoms with Crippen molar-refractivity contribution in [3.05, 3.63) is 72.3 Å². The van der Waals surface area contributed by atoms with Crippen molar-refractivity contribution in [2.24, 2.45) is 0 Å². The fourth-order valence-corrected chi connectivity index (χ4v) is 2.12. The fourth-order valence-electron chi connectivity index (χ4n) is 2.12. The molecule has 0 aliphatic carbocycles. The Kier molecular flexibility index (Phi) is 4.62. The summed E-state index contributed by atoms with van der Waals surface area (Å²) in [5.74, 6) is 0.119. The summed E-state index contributed by atoms with van der Waals surface area (Å²) in [5, 5.41) is 15.4. The molecule has 3 rings (SSSR count). The number of carbonyl (C=O) groups is 1. The van der Waals surface area contributed by atoms with Gasteiger partial charge in [0.2, 0.25) is 0 Å². The molecule has 0 bridgehead atoms. The predicted molar refractivity (Wildman–Crippen MR) is 90.3 cm³/mol. The van der Waals surface area contributed by atoms with Gasteiger partial charge < -0.3 is 15.7 Å². The van der Waals surface area contributed by atoms with Crippen LogP contribution in [0.4, 0.5) is 17.3 Å². The van der Waals surface area contributed by atoms with Crippen LogP contribution in [-0.2, 0) is 6.54 Å². The number of anilines is 3. The summed E-state index contributed by atoms with van der Waals surface area (Å²) in [7, 11) is 0. The average Bonchev–Trinajstić information content (AvgIpc) is 2.61. The minimum Gasteiger partial charge on any atom is -0.478 e. The average molecular weight is 321 g/mol. The van der Waals surface area contributed by atoms with Crippen molar-refractivity contribution >= 4 is 23.3 Å². The zero-order valence-electron chi connectivity index (χ0n) is 12.7. The molecule has 0 spiro atoms. The lowest BCUT2D eigenvalue weighted by Crippen LogP contribution is -2.06. The standard InChI is InChI=1S/C17H15N5O2/c23-17(24)13-6-1-2-7-14(13)22-16-9-15(20-11-21-16)19-10-12-5-3-4-8-18-12/h1-9,11H,10H2,(H,23,24)(H2,19,20,21,22). The molecule has 0 aliphatic heterocycles. The van der Waals surface area contributed by atoms with Crippen molar-refractivity contribution in [3.8, 4) is 0 Å². The predicted octanol–water partition coefficient (Wildman–Crippen LogP) is 2.93. The molecule has 3 N–H and O–H groups in total. The highest BCUT2D eigenvalue weighted by molar-refractivity contribution is 5.95. The van der Waals surface area contributed by atoms with E-state index in [1.165, 1.54) is 12.4 Å². The first-order valence-corrected chi connectivity index (χ1v) is 7.27. The normalized spacial score (nSPS) is 10.2. The minimum absolute atomic E-state index is 0.180. The molecule has 0 saturated carbocycles. The van der Waals surface area contributed by atoms with E-state index in [2.05, 4.69) is 25.6 Å². The number of carboxylic acids is 1. The first kappa shape index (κ1) is 15.4. The highest BCUT2D eigenvalue weighted by Crippen LogP contribution is 2.20. The number of para-hydroxylation sites is 1. The van der Waals surface area contributed by atoms with Gasteiger partial charge >= 0.3 is 5.97 Å². The van der Waals surface area contributed by atoms with Crippen LogP contribution in [0.2, 0.25) is 0 Å². The molecule has 3 aromatic rings. The maximum absolute atomic E-state index is 11.2. The highest BCUT2D eigenvalue weighted by atomic mass is 16.4. The molecule has 0 aliphatic rings. The van der Waals surface area contributed by atoms with Crippen LogP contribution in [-0.4, -0.2) is 26.0 Å². The van der Waals surface area contributed by atoms with E-state index in [9.17, 15) is 9.90 Å². The number of benzene rings is 1. The van der Waals surface area contributed by atoms with Crippen molar-refractivity contribution in [3.63, 3.8) is 0 Å². The number of pyridine rings is 1. The SMILES string of the molecule is O=C(O)c1ccccc1Nc1cc(NCc2ccccn2)ncn1. The van der Waals surface area contributed by atoms with Crippen LogP contribution in [0.1, 0.15) is 16.1 Å². The third kappa shape index (κ3) is 3.83. The molecule has 24 heavy (non-hydrogen) atoms. The second-order valence-electron chi connectivity index (χ2n) is 4.94. The lowest BCUT2D eigenvalue weighted by Gasteiger charge is -2.10. The van der Waals surface area contributed by atoms with Gasteiger partial charge in [-0.3, -0.25) is 4.98 Å². The maximum Gasteiger partial charge on any atom is 0.337 e. The summed E-state index contributed by atoms with van der Waals surface area (Å²) in [6, 6.07) is 14.1. The third-order valence-electron chi connectivity index (χ3n) is 3.26. The van der Waals surface area contributed by atoms with Gasteiger partial charge in [-0.15, -0.1) is 0 Å². The molecule has 0 unspecified atom stereocenters. The van der Waals surface area contributed by atoms with Crippen LogP contribution in [0.15, 0.2) is 61.1 Å². The molecule has 7 heteroatoms. The highest BCUT2D eigenvalue weighted by Gasteiger charge is 2.09. The van der Waals surface area contributed by atoms with Gasteiger partial charge in [0.15, 0.2) is 0 Å². The number of carboxylic acid groups (broad SMARTS) is 1. The largest absolute Gasteiger partial charge is 0.478 e. The second-order valence-corrected chi connectivity index (χ2v) is 4.94. The van der Waals surface area contributed by atoms with Crippen molar-refractivity contribution in [1.29, 1.82) is 0 Å². The Morgan fingerprint density at radius 1 is 1.00 bits per heavy atom. The Labute approximate surface area is 138 Å². The molecule has 120 valence electrons. The molecule has 0 atom stereocenters. The Hall–Kier alpha value is -3.48. The number of rotatable bonds is 6. The van der Waals surface area contributed by atoms with Crippen molar-refractivity contribution in [1.82, 2.24) is 15.0 Å². The van der Waals surface area contributed by atoms with Crippen LogP contribution < -0.4 is 10.6 Å². The zero-order valence-corrected chi connectivity index (χ0v) is 12.7. The molecular formula is C17H15N5O2. The summed E-state index contributed by atoms with van der Waals surface area (Å²) in [6.07, 6.45) is 3.14. The van der Waals surface area contributed by atoms with Gasteiger partial charge in [-0.2, -0.15) is 0 Å². The summed E-state index contributed by atoms with van der Waals surface area (Å²) in [4.78, 5) is 23.7. The summed E-state index contributed by atoms with van der Waals surface area (Å²) in [5.41, 5.74) is 1.54. The minimum atomic E-state index is -0.999. The van der Waals surface area contributed by atoms with Crippen LogP contribution in [0.3, 0.4) is 0 Å². The van der Waals surface area contributed by atoms with E-state index < -0.39 is 5.97 Å². The van der Waals surface area contributed by atoms with Crippen LogP contribution in [0, 0.1) is 0 Å². The molecule has 0 saturated heterocycles. The smallest absolute Gasteiger partial charge is 0.337 e. The lowest BCUT2D eigenvalue weighted by atomic mass is 10.2. The molecule has 7 nitrogen and oxygen atoms in total. The first-order chi connectivity index (χ1) is 11.7. The number of nitrogens with zero attached hydrogens (tertiary/aromatic N) is 3. The number of hydrogen-bond acceptors (Lipinski definition) is 6. The Balaban J connectivity index is 1.73.